The first-order valence-electron chi connectivity index (χ1n) is 43.0. The van der Waals surface area contributed by atoms with E-state index in [0.29, 0.717) is 93.5 Å². The predicted octanol–water partition coefficient (Wildman–Crippen LogP) is 27.3. The van der Waals surface area contributed by atoms with Crippen molar-refractivity contribution < 1.29 is 67.1 Å². The lowest BCUT2D eigenvalue weighted by molar-refractivity contribution is 0.0694. The highest BCUT2D eigenvalue weighted by Crippen LogP contribution is 2.42. The Kier molecular flexibility index (Phi) is 40.4. The maximum atomic E-state index is 11.6. The number of phenolic OH excluding ortho intramolecular Hbond substituents is 1. The van der Waals surface area contributed by atoms with Gasteiger partial charge in [0.1, 0.15) is 147 Å². The van der Waals surface area contributed by atoms with Gasteiger partial charge in [-0.2, -0.15) is 17.5 Å². The second-order valence-corrected chi connectivity index (χ2v) is 36.1. The summed E-state index contributed by atoms with van der Waals surface area (Å²) < 4.78 is 96.1. The van der Waals surface area contributed by atoms with E-state index < -0.39 is 36.2 Å². The number of aromatic nitrogens is 4. The van der Waals surface area contributed by atoms with E-state index in [1.807, 2.05) is 171 Å². The Morgan fingerprint density at radius 3 is 1.13 bits per heavy atom. The molecular weight excluding hydrogens is 1800 g/mol. The van der Waals surface area contributed by atoms with Crippen LogP contribution in [0.15, 0.2) is 248 Å². The summed E-state index contributed by atoms with van der Waals surface area (Å²) in [6.45, 7) is 20.6. The largest absolute Gasteiger partial charge is 0.507 e. The highest BCUT2D eigenvalue weighted by Gasteiger charge is 2.22. The van der Waals surface area contributed by atoms with Crippen molar-refractivity contribution in [1.82, 2.24) is 17.5 Å². The van der Waals surface area contributed by atoms with Crippen molar-refractivity contribution in [2.45, 2.75) is 146 Å². The van der Waals surface area contributed by atoms with Gasteiger partial charge in [-0.05, 0) is 202 Å². The second-order valence-electron chi connectivity index (χ2n) is 29.3. The van der Waals surface area contributed by atoms with Crippen LogP contribution in [-0.2, 0) is 82.0 Å². The summed E-state index contributed by atoms with van der Waals surface area (Å²) in [5.74, 6) is 12.1. The monoisotopic (exact) mass is 1910 g/mol. The van der Waals surface area contributed by atoms with Gasteiger partial charge in [0, 0.05) is 65.3 Å². The van der Waals surface area contributed by atoms with E-state index in [-0.39, 0.29) is 17.1 Å². The molecule has 680 valence electrons. The minimum Gasteiger partial charge on any atom is -0.507 e. The van der Waals surface area contributed by atoms with Gasteiger partial charge in [0.2, 0.25) is 0 Å². The van der Waals surface area contributed by atoms with E-state index in [2.05, 4.69) is 114 Å². The van der Waals surface area contributed by atoms with Crippen molar-refractivity contribution in [2.24, 2.45) is 11.3 Å². The fourth-order valence-corrected chi connectivity index (χ4v) is 20.4. The normalized spacial score (nSPS) is 12.9. The summed E-state index contributed by atoms with van der Waals surface area (Å²) in [4.78, 5) is 11.6. The number of aromatic hydroxyl groups is 1. The molecule has 0 saturated heterocycles. The topological polar surface area (TPSA) is 248 Å². The highest BCUT2D eigenvalue weighted by molar-refractivity contribution is 8.28. The van der Waals surface area contributed by atoms with Gasteiger partial charge < -0.3 is 62.3 Å². The van der Waals surface area contributed by atoms with Gasteiger partial charge in [-0.15, -0.1) is 17.7 Å². The zero-order chi connectivity index (χ0) is 91.8. The number of carbonyl (C=O) groups is 1. The zero-order valence-corrected chi connectivity index (χ0v) is 80.2. The Hall–Kier alpha value is -11.5. The molecule has 2 N–H and O–H groups in total. The number of ether oxygens (including phenoxy) is 11. The van der Waals surface area contributed by atoms with Crippen molar-refractivity contribution in [1.29, 1.82) is 0 Å². The number of aryl methyl sites for hydroxylation is 5. The number of para-hydroxylation sites is 3. The third kappa shape index (κ3) is 29.8. The summed E-state index contributed by atoms with van der Waals surface area (Å²) in [5.41, 5.74) is 14.4. The number of hydrogen-bond donors (Lipinski definition) is 2. The van der Waals surface area contributed by atoms with E-state index in [1.54, 1.807) is 36.7 Å². The average Bonchev–Trinajstić information content (AvgIpc) is 1.49. The van der Waals surface area contributed by atoms with Crippen LogP contribution in [0, 0.1) is 26.2 Å². The molecule has 3 heterocycles. The molecule has 14 rings (SSSR count). The molecule has 11 aromatic carbocycles. The van der Waals surface area contributed by atoms with Crippen LogP contribution in [0.1, 0.15) is 152 Å². The first kappa shape index (κ1) is 99.1. The van der Waals surface area contributed by atoms with Crippen molar-refractivity contribution in [2.75, 3.05) is 39.6 Å². The molecule has 130 heavy (non-hydrogen) atoms. The van der Waals surface area contributed by atoms with Gasteiger partial charge >= 0.3 is 5.97 Å². The number of hydrogen-bond acceptors (Lipinski definition) is 22. The lowest BCUT2D eigenvalue weighted by atomic mass is 10.0. The van der Waals surface area contributed by atoms with E-state index in [1.165, 1.54) is 17.8 Å². The molecule has 0 bridgehead atoms. The van der Waals surface area contributed by atoms with Gasteiger partial charge in [0.05, 0.1) is 81.1 Å². The van der Waals surface area contributed by atoms with E-state index in [4.69, 9.17) is 90.6 Å². The number of halogens is 3. The minimum absolute atomic E-state index is 0.103. The number of terminal acetylenes is 1. The Morgan fingerprint density at radius 1 is 0.385 bits per heavy atom. The Bertz CT molecular complexity index is 5910. The second kappa shape index (κ2) is 53.0. The lowest BCUT2D eigenvalue weighted by Crippen LogP contribution is -2.08. The molecule has 0 saturated carbocycles. The molecule has 1 aliphatic rings. The summed E-state index contributed by atoms with van der Waals surface area (Å²) in [7, 11) is 13.9. The summed E-state index contributed by atoms with van der Waals surface area (Å²) >= 11 is 2.29. The molecule has 13 aromatic rings. The van der Waals surface area contributed by atoms with Crippen LogP contribution < -0.4 is 52.1 Å². The van der Waals surface area contributed by atoms with Gasteiger partial charge in [-0.1, -0.05) is 194 Å². The van der Waals surface area contributed by atoms with Crippen LogP contribution in [0.3, 0.4) is 0 Å². The van der Waals surface area contributed by atoms with Crippen LogP contribution in [0.25, 0.3) is 22.5 Å². The van der Waals surface area contributed by atoms with E-state index in [9.17, 15) is 15.0 Å². The smallest absolute Gasteiger partial charge is 0.339 e. The Labute approximate surface area is 791 Å². The molecule has 0 unspecified atom stereocenters. The lowest BCUT2D eigenvalue weighted by Gasteiger charge is -2.18. The first-order valence-corrected chi connectivity index (χ1v) is 50.4. The zero-order valence-electron chi connectivity index (χ0n) is 73.8. The number of nitrogens with zero attached hydrogens (tertiary/aromatic N) is 7. The molecule has 0 atom stereocenters. The van der Waals surface area contributed by atoms with Crippen LogP contribution in [0.5, 0.6) is 86.2 Å². The van der Waals surface area contributed by atoms with Crippen molar-refractivity contribution in [3.63, 3.8) is 0 Å². The number of aromatic carboxylic acids is 1. The molecule has 29 heteroatoms. The predicted molar refractivity (Wildman–Crippen MR) is 527 cm³/mol. The maximum absolute atomic E-state index is 11.6. The molecule has 1 aliphatic heterocycles. The molecule has 0 spiro atoms. The average molecular weight is 1910 g/mol. The third-order valence-corrected chi connectivity index (χ3v) is 27.0. The van der Waals surface area contributed by atoms with Gasteiger partial charge in [0.25, 0.3) is 0 Å². The van der Waals surface area contributed by atoms with Crippen LogP contribution >= 0.6 is 55.5 Å². The maximum Gasteiger partial charge on any atom is 0.339 e. The standard InChI is InChI=1S/C36H38N2O4S.C36H38O4.C29H30N2O6S.Cl3N3S3/c1-4-13-29-33(18-11-19-34(29)42-32-17-10-9-14-26(32)3)39-20-12-21-40-35-23-36(41-25-27-15-7-6-8-16-27)30(22-28(35)5-2)31-24-37-43-38-31;1-5-15-31-33(20-13-21-34(31)40-32-19-12-11-16-27(32)4)37-22-14-23-38-35-25-36(30(7-3)24-29(35)6-2)39-26-28-17-9-8-10-18-28;1-3-9-20-25(12-7-13-26(20)37-27-11-6-5-10-21(27)29(33)34)35-14-8-15-36-28-17-24(32)22(16-19(28)4-2)23-18-30-38-31-23;1-7-4-8(2)6-9(3)5-7/h6-11,14-19,22-24H,4-5,12-13,20-21,25H2,1-3H3;3,8-13,16-21,24-25H,5-6,14-15,22-23,26H2,1-2,4H3;5-7,10-13,16-18,32H,3-4,8-9,14-15H2,1-2H3,(H,33,34);. The highest BCUT2D eigenvalue weighted by atomic mass is 35.7. The van der Waals surface area contributed by atoms with Gasteiger partial charge in [-0.3, -0.25) is 0 Å². The first-order chi connectivity index (χ1) is 63.5. The summed E-state index contributed by atoms with van der Waals surface area (Å²) in [6.07, 6.45) is 19.0. The Balaban J connectivity index is 0.000000179. The number of rotatable bonds is 42. The third-order valence-electron chi connectivity index (χ3n) is 20.1. The van der Waals surface area contributed by atoms with Crippen LogP contribution in [0.2, 0.25) is 0 Å². The van der Waals surface area contributed by atoms with Gasteiger partial charge in [0.15, 0.2) is 0 Å². The minimum atomic E-state index is -1.04. The fraction of sp³-hybridized carbons (Fsp3) is 0.277. The van der Waals surface area contributed by atoms with E-state index >= 15 is 0 Å². The molecular formula is C101H106Cl3N7O14S5. The van der Waals surface area contributed by atoms with E-state index in [0.717, 1.165) is 207 Å². The number of carboxylic acids is 1. The number of carboxylic acid groups (broad SMARTS) is 1. The van der Waals surface area contributed by atoms with Crippen LogP contribution in [0.4, 0.5) is 0 Å². The van der Waals surface area contributed by atoms with Crippen LogP contribution in [-0.4, -0.2) is 73.3 Å². The molecule has 0 fully saturated rings. The molecule has 0 aliphatic carbocycles. The Morgan fingerprint density at radius 2 is 0.731 bits per heavy atom. The quantitative estimate of drug-likeness (QED) is 0.0267. The summed E-state index contributed by atoms with van der Waals surface area (Å²) in [6, 6.07) is 72.0. The van der Waals surface area contributed by atoms with Crippen molar-refractivity contribution >= 4 is 91.7 Å². The SMILES string of the molecule is C#Cc1cc(CC)c(OCCCOc2cccc(Oc3ccccc3C)c2CCC)cc1OCc1ccccc1.CCCc1c(OCCCOc2cc(O)c(-c3cnsn3)cc2CC)cccc1Oc1ccccc1C(=O)O.CCCc1c(OCCCOc2cc(OCc3ccccc3)c(-c3cnsn3)cc2CC)cccc1Oc1ccccc1C.ClS1=NS(Cl)=NS(Cl)=N1. The molecule has 2 aromatic heterocycles. The van der Waals surface area contributed by atoms with Crippen molar-refractivity contribution in [3.05, 3.63) is 304 Å². The molecule has 0 radical (unpaired) electrons. The van der Waals surface area contributed by atoms with Gasteiger partial charge in [-0.25, -0.2) is 4.79 Å². The van der Waals surface area contributed by atoms with Crippen molar-refractivity contribution in [3.8, 4) is 121 Å². The molecule has 21 nitrogen and oxygen atoms in total. The summed E-state index contributed by atoms with van der Waals surface area (Å²) in [5, 5.41) is 20.0. The number of benzene rings is 11. The fourth-order valence-electron chi connectivity index (χ4n) is 13.6. The number of phenols is 1. The molecule has 0 amide bonds.